The molecule has 2 nitrogen and oxygen atoms in total. The molecule has 0 aromatic heterocycles. The van der Waals surface area contributed by atoms with Gasteiger partial charge < -0.3 is 4.74 Å². The number of carbonyl (C=O) groups excluding carboxylic acids is 1. The van der Waals surface area contributed by atoms with Crippen LogP contribution in [0.2, 0.25) is 0 Å². The second kappa shape index (κ2) is 6.65. The average Bonchev–Trinajstić information content (AvgIpc) is 2.04. The van der Waals surface area contributed by atoms with Gasteiger partial charge in [-0.25, -0.2) is 0 Å². The highest BCUT2D eigenvalue weighted by Crippen LogP contribution is 2.33. The van der Waals surface area contributed by atoms with Gasteiger partial charge in [-0.2, -0.15) is 0 Å². The molecular weight excluding hydrogens is 188 g/mol. The van der Waals surface area contributed by atoms with E-state index in [2.05, 4.69) is 33.9 Å². The molecule has 90 valence electrons. The molecule has 0 spiro atoms. The Hall–Kier alpha value is -0.790. The number of carbonyl (C=O) groups is 1. The highest BCUT2D eigenvalue weighted by molar-refractivity contribution is 5.75. The zero-order valence-corrected chi connectivity index (χ0v) is 11.1. The van der Waals surface area contributed by atoms with Crippen LogP contribution in [0.1, 0.15) is 48.0 Å². The van der Waals surface area contributed by atoms with Gasteiger partial charge in [0, 0.05) is 0 Å². The Balaban J connectivity index is 0. The largest absolute Gasteiger partial charge is 0.466 e. The molecule has 0 heterocycles. The number of hydrogen-bond acceptors (Lipinski definition) is 2. The van der Waals surface area contributed by atoms with Crippen LogP contribution in [0.25, 0.3) is 0 Å². The van der Waals surface area contributed by atoms with E-state index in [4.69, 9.17) is 4.74 Å². The summed E-state index contributed by atoms with van der Waals surface area (Å²) in [5.41, 5.74) is -0.204. The van der Waals surface area contributed by atoms with Gasteiger partial charge in [0.25, 0.3) is 0 Å². The van der Waals surface area contributed by atoms with E-state index in [0.717, 1.165) is 6.42 Å². The van der Waals surface area contributed by atoms with Crippen LogP contribution in [-0.2, 0) is 9.53 Å². The molecule has 0 aliphatic carbocycles. The fourth-order valence-electron chi connectivity index (χ4n) is 1.72. The first-order valence-corrected chi connectivity index (χ1v) is 5.36. The van der Waals surface area contributed by atoms with Crippen LogP contribution < -0.4 is 0 Å². The third kappa shape index (κ3) is 8.22. The Morgan fingerprint density at radius 1 is 1.13 bits per heavy atom. The third-order valence-electron chi connectivity index (χ3n) is 1.80. The summed E-state index contributed by atoms with van der Waals surface area (Å²) in [5, 5.41) is 0. The minimum atomic E-state index is -0.367. The highest BCUT2D eigenvalue weighted by Gasteiger charge is 2.33. The van der Waals surface area contributed by atoms with E-state index in [1.165, 1.54) is 0 Å². The topological polar surface area (TPSA) is 26.3 Å². The van der Waals surface area contributed by atoms with Gasteiger partial charge in [-0.05, 0) is 32.6 Å². The van der Waals surface area contributed by atoms with Gasteiger partial charge in [0.1, 0.15) is 0 Å². The van der Waals surface area contributed by atoms with E-state index >= 15 is 0 Å². The van der Waals surface area contributed by atoms with E-state index in [9.17, 15) is 4.79 Å². The number of rotatable bonds is 3. The molecule has 0 aromatic carbocycles. The van der Waals surface area contributed by atoms with E-state index in [-0.39, 0.29) is 16.8 Å². The van der Waals surface area contributed by atoms with Crippen molar-refractivity contribution in [3.8, 4) is 0 Å². The second-order valence-corrected chi connectivity index (χ2v) is 5.34. The molecule has 0 unspecified atom stereocenters. The summed E-state index contributed by atoms with van der Waals surface area (Å²) in [6, 6.07) is 0. The predicted molar refractivity (Wildman–Crippen MR) is 65.7 cm³/mol. The van der Waals surface area contributed by atoms with Crippen LogP contribution in [0.4, 0.5) is 0 Å². The maximum absolute atomic E-state index is 11.5. The van der Waals surface area contributed by atoms with E-state index in [1.807, 2.05) is 20.8 Å². The van der Waals surface area contributed by atoms with Gasteiger partial charge in [-0.1, -0.05) is 20.8 Å². The summed E-state index contributed by atoms with van der Waals surface area (Å²) in [5.74, 6) is -0.0927. The second-order valence-electron chi connectivity index (χ2n) is 5.34. The normalized spacial score (nSPS) is 11.3. The zero-order valence-electron chi connectivity index (χ0n) is 11.1. The summed E-state index contributed by atoms with van der Waals surface area (Å²) in [6.07, 6.45) is 0.846. The molecule has 0 N–H and O–H groups in total. The lowest BCUT2D eigenvalue weighted by Gasteiger charge is -2.30. The van der Waals surface area contributed by atoms with Gasteiger partial charge in [-0.15, -0.1) is 13.2 Å². The molecule has 0 aliphatic heterocycles. The van der Waals surface area contributed by atoms with Crippen molar-refractivity contribution in [3.05, 3.63) is 13.2 Å². The van der Waals surface area contributed by atoms with E-state index in [0.29, 0.717) is 6.61 Å². The lowest BCUT2D eigenvalue weighted by Crippen LogP contribution is -2.31. The smallest absolute Gasteiger partial charge is 0.311 e. The van der Waals surface area contributed by atoms with Crippen molar-refractivity contribution in [2.45, 2.75) is 48.0 Å². The highest BCUT2D eigenvalue weighted by atomic mass is 16.5. The number of hydrogen-bond donors (Lipinski definition) is 0. The molecule has 0 fully saturated rings. The van der Waals surface area contributed by atoms with Gasteiger partial charge in [-0.3, -0.25) is 4.79 Å². The van der Waals surface area contributed by atoms with Crippen molar-refractivity contribution in [1.82, 2.24) is 0 Å². The molecule has 2 heteroatoms. The third-order valence-corrected chi connectivity index (χ3v) is 1.80. The van der Waals surface area contributed by atoms with E-state index < -0.39 is 0 Å². The maximum atomic E-state index is 11.5. The maximum Gasteiger partial charge on any atom is 0.311 e. The first kappa shape index (κ1) is 16.6. The average molecular weight is 214 g/mol. The molecule has 0 amide bonds. The summed E-state index contributed by atoms with van der Waals surface area (Å²) < 4.78 is 5.01. The molecule has 0 bridgehead atoms. The Labute approximate surface area is 94.7 Å². The van der Waals surface area contributed by atoms with Crippen LogP contribution in [0, 0.1) is 10.8 Å². The van der Waals surface area contributed by atoms with Crippen LogP contribution >= 0.6 is 0 Å². The lowest BCUT2D eigenvalue weighted by molar-refractivity contribution is -0.155. The molecular formula is C13H26O2. The van der Waals surface area contributed by atoms with Crippen molar-refractivity contribution in [2.75, 3.05) is 6.61 Å². The van der Waals surface area contributed by atoms with Crippen molar-refractivity contribution < 1.29 is 9.53 Å². The van der Waals surface area contributed by atoms with Crippen LogP contribution in [0.3, 0.4) is 0 Å². The van der Waals surface area contributed by atoms with Crippen molar-refractivity contribution in [3.63, 3.8) is 0 Å². The monoisotopic (exact) mass is 214 g/mol. The minimum absolute atomic E-state index is 0.0927. The molecule has 0 aromatic rings. The van der Waals surface area contributed by atoms with Gasteiger partial charge in [0.15, 0.2) is 0 Å². The summed E-state index contributed by atoms with van der Waals surface area (Å²) >= 11 is 0. The van der Waals surface area contributed by atoms with Crippen LogP contribution in [0.5, 0.6) is 0 Å². The van der Waals surface area contributed by atoms with Gasteiger partial charge >= 0.3 is 5.97 Å². The summed E-state index contributed by atoms with van der Waals surface area (Å²) in [6.45, 7) is 18.6. The van der Waals surface area contributed by atoms with Crippen molar-refractivity contribution in [1.29, 1.82) is 0 Å². The molecule has 0 saturated carbocycles. The van der Waals surface area contributed by atoms with Crippen LogP contribution in [-0.4, -0.2) is 12.6 Å². The fraction of sp³-hybridized carbons (Fsp3) is 0.769. The molecule has 0 saturated heterocycles. The first-order valence-electron chi connectivity index (χ1n) is 5.36. The molecule has 15 heavy (non-hydrogen) atoms. The SMILES string of the molecule is C=C.CCOC(=O)C(C)(C)CC(C)(C)C. The molecule has 0 radical (unpaired) electrons. The van der Waals surface area contributed by atoms with Crippen molar-refractivity contribution >= 4 is 5.97 Å². The van der Waals surface area contributed by atoms with E-state index in [1.54, 1.807) is 0 Å². The van der Waals surface area contributed by atoms with Crippen molar-refractivity contribution in [2.24, 2.45) is 10.8 Å². The quantitative estimate of drug-likeness (QED) is 0.527. The zero-order chi connectivity index (χ0) is 12.7. The molecule has 0 atom stereocenters. The van der Waals surface area contributed by atoms with Gasteiger partial charge in [0.2, 0.25) is 0 Å². The first-order chi connectivity index (χ1) is 6.69. The summed E-state index contributed by atoms with van der Waals surface area (Å²) in [7, 11) is 0. The fourth-order valence-corrected chi connectivity index (χ4v) is 1.72. The molecule has 0 aliphatic rings. The Morgan fingerprint density at radius 3 is 1.80 bits per heavy atom. The molecule has 0 rings (SSSR count). The lowest BCUT2D eigenvalue weighted by atomic mass is 9.76. The number of esters is 1. The standard InChI is InChI=1S/C11H22O2.C2H4/c1-7-13-9(12)11(5,6)8-10(2,3)4;1-2/h7-8H2,1-6H3;1-2H2. The Kier molecular flexibility index (Phi) is 7.37. The predicted octanol–water partition coefficient (Wildman–Crippen LogP) is 3.81. The van der Waals surface area contributed by atoms with Gasteiger partial charge in [0.05, 0.1) is 12.0 Å². The summed E-state index contributed by atoms with van der Waals surface area (Å²) in [4.78, 5) is 11.5. The van der Waals surface area contributed by atoms with Crippen LogP contribution in [0.15, 0.2) is 13.2 Å². The Morgan fingerprint density at radius 2 is 1.53 bits per heavy atom. The minimum Gasteiger partial charge on any atom is -0.466 e. The number of ether oxygens (including phenoxy) is 1. The Bertz CT molecular complexity index is 187.